The second-order valence-electron chi connectivity index (χ2n) is 7.52. The second kappa shape index (κ2) is 6.64. The predicted molar refractivity (Wildman–Crippen MR) is 86.7 cm³/mol. The molecule has 0 saturated heterocycles. The molecule has 0 radical (unpaired) electrons. The highest BCUT2D eigenvalue weighted by atomic mass is 16.4. The highest BCUT2D eigenvalue weighted by Crippen LogP contribution is 2.38. The van der Waals surface area contributed by atoms with Crippen molar-refractivity contribution < 1.29 is 9.90 Å². The van der Waals surface area contributed by atoms with Crippen LogP contribution in [0.25, 0.3) is 0 Å². The molecular weight excluding hydrogens is 260 g/mol. The Labute approximate surface area is 128 Å². The molecule has 1 aliphatic rings. The maximum atomic E-state index is 10.6. The van der Waals surface area contributed by atoms with Crippen molar-refractivity contribution >= 4 is 5.97 Å². The Kier molecular flexibility index (Phi) is 5.08. The monoisotopic (exact) mass is 288 g/mol. The van der Waals surface area contributed by atoms with Gasteiger partial charge in [-0.2, -0.15) is 0 Å². The Balaban J connectivity index is 1.89. The van der Waals surface area contributed by atoms with E-state index in [1.54, 1.807) is 0 Å². The van der Waals surface area contributed by atoms with Crippen LogP contribution in [0.5, 0.6) is 0 Å². The number of carboxylic acid groups (broad SMARTS) is 1. The van der Waals surface area contributed by atoms with E-state index in [1.807, 2.05) is 0 Å². The number of carboxylic acids is 1. The minimum atomic E-state index is -0.658. The lowest BCUT2D eigenvalue weighted by Gasteiger charge is -2.29. The number of carbonyl (C=O) groups is 1. The van der Waals surface area contributed by atoms with Gasteiger partial charge >= 0.3 is 5.97 Å². The normalized spacial score (nSPS) is 23.0. The van der Waals surface area contributed by atoms with Crippen LogP contribution in [0.2, 0.25) is 0 Å². The van der Waals surface area contributed by atoms with Crippen molar-refractivity contribution in [3.63, 3.8) is 0 Å². The van der Waals surface area contributed by atoms with Gasteiger partial charge in [-0.1, -0.05) is 45.0 Å². The van der Waals surface area contributed by atoms with Gasteiger partial charge in [0.2, 0.25) is 0 Å². The topological polar surface area (TPSA) is 37.3 Å². The van der Waals surface area contributed by atoms with Crippen LogP contribution in [0, 0.1) is 5.92 Å². The largest absolute Gasteiger partial charge is 0.481 e. The van der Waals surface area contributed by atoms with Gasteiger partial charge in [0, 0.05) is 6.42 Å². The van der Waals surface area contributed by atoms with Gasteiger partial charge in [-0.25, -0.2) is 0 Å². The van der Waals surface area contributed by atoms with Gasteiger partial charge in [0.15, 0.2) is 0 Å². The average molecular weight is 288 g/mol. The van der Waals surface area contributed by atoms with E-state index in [1.165, 1.54) is 36.8 Å². The summed E-state index contributed by atoms with van der Waals surface area (Å²) in [5.74, 6) is 0.626. The fourth-order valence-corrected chi connectivity index (χ4v) is 3.37. The summed E-state index contributed by atoms with van der Waals surface area (Å²) in [6.07, 6.45) is 5.96. The molecule has 1 saturated carbocycles. The average Bonchev–Trinajstić information content (AvgIpc) is 2.45. The zero-order valence-corrected chi connectivity index (χ0v) is 13.6. The van der Waals surface area contributed by atoms with Crippen molar-refractivity contribution in [2.75, 3.05) is 0 Å². The molecule has 0 atom stereocenters. The van der Waals surface area contributed by atoms with Gasteiger partial charge < -0.3 is 5.11 Å². The summed E-state index contributed by atoms with van der Waals surface area (Å²) in [7, 11) is 0. The molecule has 2 heteroatoms. The summed E-state index contributed by atoms with van der Waals surface area (Å²) < 4.78 is 0. The zero-order chi connectivity index (χ0) is 15.5. The Hall–Kier alpha value is -1.31. The van der Waals surface area contributed by atoms with E-state index in [9.17, 15) is 4.79 Å². The standard InChI is InChI=1S/C19H28O2/c1-19(2,3)17-11-9-16(10-12-17)15-7-4-14(5-8-15)6-13-18(20)21/h9-12,14-15H,4-8,13H2,1-3H3,(H,20,21). The predicted octanol–water partition coefficient (Wildman–Crippen LogP) is 5.12. The minimum absolute atomic E-state index is 0.215. The van der Waals surface area contributed by atoms with E-state index >= 15 is 0 Å². The van der Waals surface area contributed by atoms with Crippen LogP contribution in [-0.4, -0.2) is 11.1 Å². The lowest BCUT2D eigenvalue weighted by atomic mass is 9.76. The number of aliphatic carboxylic acids is 1. The van der Waals surface area contributed by atoms with E-state index in [0.717, 1.165) is 6.42 Å². The maximum Gasteiger partial charge on any atom is 0.303 e. The highest BCUT2D eigenvalue weighted by molar-refractivity contribution is 5.66. The zero-order valence-electron chi connectivity index (χ0n) is 13.6. The third-order valence-corrected chi connectivity index (χ3v) is 4.86. The molecule has 2 rings (SSSR count). The Morgan fingerprint density at radius 1 is 1.10 bits per heavy atom. The summed E-state index contributed by atoms with van der Waals surface area (Å²) in [6, 6.07) is 9.13. The lowest BCUT2D eigenvalue weighted by Crippen LogP contribution is -2.15. The number of hydrogen-bond donors (Lipinski definition) is 1. The molecule has 0 spiro atoms. The molecule has 2 nitrogen and oxygen atoms in total. The molecule has 1 fully saturated rings. The summed E-state index contributed by atoms with van der Waals surface area (Å²) in [4.78, 5) is 10.6. The van der Waals surface area contributed by atoms with Crippen molar-refractivity contribution in [3.8, 4) is 0 Å². The van der Waals surface area contributed by atoms with Crippen LogP contribution < -0.4 is 0 Å². The van der Waals surface area contributed by atoms with Crippen molar-refractivity contribution in [2.24, 2.45) is 5.92 Å². The molecule has 0 aromatic heterocycles. The molecule has 0 amide bonds. The molecule has 1 N–H and O–H groups in total. The van der Waals surface area contributed by atoms with Crippen LogP contribution in [-0.2, 0) is 10.2 Å². The van der Waals surface area contributed by atoms with Gasteiger partial charge in [0.1, 0.15) is 0 Å². The molecule has 0 heterocycles. The Morgan fingerprint density at radius 3 is 2.14 bits per heavy atom. The SMILES string of the molecule is CC(C)(C)c1ccc(C2CCC(CCC(=O)O)CC2)cc1. The van der Waals surface area contributed by atoms with Crippen molar-refractivity contribution in [3.05, 3.63) is 35.4 Å². The van der Waals surface area contributed by atoms with Crippen LogP contribution in [0.15, 0.2) is 24.3 Å². The van der Waals surface area contributed by atoms with Crippen molar-refractivity contribution in [1.29, 1.82) is 0 Å². The molecule has 0 bridgehead atoms. The lowest BCUT2D eigenvalue weighted by molar-refractivity contribution is -0.137. The number of hydrogen-bond acceptors (Lipinski definition) is 1. The Bertz CT molecular complexity index is 459. The minimum Gasteiger partial charge on any atom is -0.481 e. The number of rotatable bonds is 4. The molecular formula is C19H28O2. The Morgan fingerprint density at radius 2 is 1.67 bits per heavy atom. The summed E-state index contributed by atoms with van der Waals surface area (Å²) in [5, 5.41) is 8.77. The van der Waals surface area contributed by atoms with E-state index in [2.05, 4.69) is 45.0 Å². The molecule has 116 valence electrons. The van der Waals surface area contributed by atoms with Crippen LogP contribution in [0.4, 0.5) is 0 Å². The molecule has 0 aliphatic heterocycles. The van der Waals surface area contributed by atoms with Gasteiger partial charge in [0.25, 0.3) is 0 Å². The fraction of sp³-hybridized carbons (Fsp3) is 0.632. The van der Waals surface area contributed by atoms with Gasteiger partial charge in [-0.05, 0) is 60.5 Å². The third-order valence-electron chi connectivity index (χ3n) is 4.86. The second-order valence-corrected chi connectivity index (χ2v) is 7.52. The van der Waals surface area contributed by atoms with Crippen LogP contribution in [0.1, 0.15) is 76.3 Å². The summed E-state index contributed by atoms with van der Waals surface area (Å²) >= 11 is 0. The van der Waals surface area contributed by atoms with Gasteiger partial charge in [0.05, 0.1) is 0 Å². The van der Waals surface area contributed by atoms with Crippen molar-refractivity contribution in [1.82, 2.24) is 0 Å². The molecule has 0 unspecified atom stereocenters. The molecule has 1 aromatic carbocycles. The fourth-order valence-electron chi connectivity index (χ4n) is 3.37. The van der Waals surface area contributed by atoms with Crippen LogP contribution in [0.3, 0.4) is 0 Å². The summed E-state index contributed by atoms with van der Waals surface area (Å²) in [5.41, 5.74) is 3.06. The third kappa shape index (κ3) is 4.59. The maximum absolute atomic E-state index is 10.6. The highest BCUT2D eigenvalue weighted by Gasteiger charge is 2.23. The molecule has 1 aliphatic carbocycles. The van der Waals surface area contributed by atoms with Crippen molar-refractivity contribution in [2.45, 2.75) is 70.6 Å². The number of benzene rings is 1. The molecule has 21 heavy (non-hydrogen) atoms. The van der Waals surface area contributed by atoms with Gasteiger partial charge in [-0.15, -0.1) is 0 Å². The summed E-state index contributed by atoms with van der Waals surface area (Å²) in [6.45, 7) is 6.74. The van der Waals surface area contributed by atoms with E-state index < -0.39 is 5.97 Å². The van der Waals surface area contributed by atoms with E-state index in [0.29, 0.717) is 18.3 Å². The quantitative estimate of drug-likeness (QED) is 0.834. The molecule has 1 aromatic rings. The smallest absolute Gasteiger partial charge is 0.303 e. The first kappa shape index (κ1) is 16.1. The van der Waals surface area contributed by atoms with Crippen LogP contribution >= 0.6 is 0 Å². The van der Waals surface area contributed by atoms with Gasteiger partial charge in [-0.3, -0.25) is 4.79 Å². The van der Waals surface area contributed by atoms with E-state index in [-0.39, 0.29) is 5.41 Å². The first-order chi connectivity index (χ1) is 9.86. The first-order valence-electron chi connectivity index (χ1n) is 8.18. The van der Waals surface area contributed by atoms with E-state index in [4.69, 9.17) is 5.11 Å². The first-order valence-corrected chi connectivity index (χ1v) is 8.18.